The summed E-state index contributed by atoms with van der Waals surface area (Å²) in [5.74, 6) is 5.39. The van der Waals surface area contributed by atoms with Crippen LogP contribution in [0.1, 0.15) is 0 Å². The van der Waals surface area contributed by atoms with Gasteiger partial charge in [0, 0.05) is 6.20 Å². The average molecular weight is 261 g/mol. The van der Waals surface area contributed by atoms with Gasteiger partial charge in [0.1, 0.15) is 10.7 Å². The van der Waals surface area contributed by atoms with Crippen LogP contribution in [-0.2, 0) is 10.0 Å². The molecule has 0 unspecified atom stereocenters. The molecule has 0 bridgehead atoms. The van der Waals surface area contributed by atoms with E-state index in [4.69, 9.17) is 11.0 Å². The molecule has 14 heavy (non-hydrogen) atoms. The van der Waals surface area contributed by atoms with Crippen LogP contribution < -0.4 is 16.4 Å². The molecule has 9 heteroatoms. The summed E-state index contributed by atoms with van der Waals surface area (Å²) >= 11 is 0. The average Bonchev–Trinajstić information content (AvgIpc) is 2.03. The molecule has 82 valence electrons. The maximum absolute atomic E-state index is 10.7. The van der Waals surface area contributed by atoms with Crippen molar-refractivity contribution in [2.45, 2.75) is 4.90 Å². The molecule has 5 N–H and O–H groups in total. The highest BCUT2D eigenvalue weighted by molar-refractivity contribution is 7.89. The molecule has 0 fully saturated rings. The summed E-state index contributed by atoms with van der Waals surface area (Å²) in [6.45, 7) is 0. The molecule has 0 atom stereocenters. The third-order valence-corrected chi connectivity index (χ3v) is 2.11. The number of primary sulfonamides is 1. The lowest BCUT2D eigenvalue weighted by atomic mass is 10.5. The highest BCUT2D eigenvalue weighted by Gasteiger charge is 2.06. The van der Waals surface area contributed by atoms with Gasteiger partial charge in [0.15, 0.2) is 0 Å². The molecule has 1 aromatic heterocycles. The Hall–Kier alpha value is -0.600. The number of rotatable bonds is 2. The fourth-order valence-corrected chi connectivity index (χ4v) is 1.09. The lowest BCUT2D eigenvalue weighted by molar-refractivity contribution is 0.597. The van der Waals surface area contributed by atoms with E-state index in [1.54, 1.807) is 0 Å². The minimum atomic E-state index is -3.66. The van der Waals surface area contributed by atoms with Gasteiger partial charge in [0.05, 0.1) is 0 Å². The highest BCUT2D eigenvalue weighted by atomic mass is 35.5. The zero-order valence-electron chi connectivity index (χ0n) is 6.88. The minimum absolute atomic E-state index is 0. The Labute approximate surface area is 93.9 Å². The molecule has 0 spiro atoms. The first-order chi connectivity index (χ1) is 5.54. The molecule has 0 aliphatic rings. The van der Waals surface area contributed by atoms with Gasteiger partial charge in [0.25, 0.3) is 0 Å². The largest absolute Gasteiger partial charge is 0.308 e. The van der Waals surface area contributed by atoms with Gasteiger partial charge in [-0.15, -0.1) is 24.8 Å². The van der Waals surface area contributed by atoms with E-state index >= 15 is 0 Å². The normalized spacial score (nSPS) is 9.57. The van der Waals surface area contributed by atoms with Gasteiger partial charge in [-0.25, -0.2) is 24.4 Å². The quantitative estimate of drug-likeness (QED) is 0.506. The van der Waals surface area contributed by atoms with Crippen molar-refractivity contribution in [3.05, 3.63) is 18.3 Å². The molecule has 0 saturated carbocycles. The Morgan fingerprint density at radius 1 is 1.29 bits per heavy atom. The lowest BCUT2D eigenvalue weighted by Crippen LogP contribution is -2.13. The van der Waals surface area contributed by atoms with Crippen LogP contribution in [0.3, 0.4) is 0 Å². The maximum Gasteiger partial charge on any atom is 0.239 e. The predicted octanol–water partition coefficient (Wildman–Crippen LogP) is -0.142. The van der Waals surface area contributed by atoms with E-state index in [9.17, 15) is 8.42 Å². The molecule has 0 aliphatic carbocycles. The van der Waals surface area contributed by atoms with Crippen molar-refractivity contribution in [2.24, 2.45) is 11.0 Å². The molecular weight excluding hydrogens is 251 g/mol. The fraction of sp³-hybridized carbons (Fsp3) is 0. The van der Waals surface area contributed by atoms with Gasteiger partial charge >= 0.3 is 0 Å². The van der Waals surface area contributed by atoms with Gasteiger partial charge in [-0.1, -0.05) is 0 Å². The number of hydrogen-bond acceptors (Lipinski definition) is 5. The SMILES string of the molecule is Cl.Cl.NNc1ccc(S(N)(=O)=O)cn1. The number of sulfonamides is 1. The summed E-state index contributed by atoms with van der Waals surface area (Å²) in [6, 6.07) is 2.73. The second-order valence-corrected chi connectivity index (χ2v) is 3.63. The van der Waals surface area contributed by atoms with Gasteiger partial charge in [-0.2, -0.15) is 0 Å². The second-order valence-electron chi connectivity index (χ2n) is 2.07. The topological polar surface area (TPSA) is 111 Å². The minimum Gasteiger partial charge on any atom is -0.308 e. The summed E-state index contributed by atoms with van der Waals surface area (Å²) in [7, 11) is -3.66. The number of hydrogen-bond donors (Lipinski definition) is 3. The van der Waals surface area contributed by atoms with Crippen LogP contribution in [0.4, 0.5) is 5.82 Å². The number of halogens is 2. The molecule has 6 nitrogen and oxygen atoms in total. The van der Waals surface area contributed by atoms with Crippen molar-refractivity contribution < 1.29 is 8.42 Å². The molecule has 0 saturated heterocycles. The van der Waals surface area contributed by atoms with E-state index in [1.807, 2.05) is 0 Å². The third kappa shape index (κ3) is 4.07. The van der Waals surface area contributed by atoms with Crippen molar-refractivity contribution in [2.75, 3.05) is 5.43 Å². The zero-order chi connectivity index (χ0) is 9.19. The lowest BCUT2D eigenvalue weighted by Gasteiger charge is -1.99. The second kappa shape index (κ2) is 5.99. The number of hydrazine groups is 1. The number of nitrogen functional groups attached to an aromatic ring is 1. The predicted molar refractivity (Wildman–Crippen MR) is 57.9 cm³/mol. The molecular formula is C5H10Cl2N4O2S. The summed E-state index contributed by atoms with van der Waals surface area (Å²) < 4.78 is 21.4. The summed E-state index contributed by atoms with van der Waals surface area (Å²) in [6.07, 6.45) is 1.13. The Bertz CT molecular complexity index is 366. The van der Waals surface area contributed by atoms with Crippen LogP contribution in [0.5, 0.6) is 0 Å². The summed E-state index contributed by atoms with van der Waals surface area (Å²) in [5, 5.41) is 4.83. The van der Waals surface area contributed by atoms with E-state index in [2.05, 4.69) is 10.4 Å². The third-order valence-electron chi connectivity index (χ3n) is 1.21. The van der Waals surface area contributed by atoms with Crippen molar-refractivity contribution in [1.29, 1.82) is 0 Å². The van der Waals surface area contributed by atoms with Gasteiger partial charge in [0.2, 0.25) is 10.0 Å². The van der Waals surface area contributed by atoms with Crippen LogP contribution in [0.25, 0.3) is 0 Å². The number of nitrogens with one attached hydrogen (secondary N) is 1. The van der Waals surface area contributed by atoms with Crippen molar-refractivity contribution in [1.82, 2.24) is 4.98 Å². The van der Waals surface area contributed by atoms with Crippen LogP contribution in [0.15, 0.2) is 23.2 Å². The molecule has 1 heterocycles. The number of pyridine rings is 1. The zero-order valence-corrected chi connectivity index (χ0v) is 9.32. The molecule has 0 radical (unpaired) electrons. The number of anilines is 1. The molecule has 1 aromatic rings. The monoisotopic (exact) mass is 260 g/mol. The van der Waals surface area contributed by atoms with Gasteiger partial charge in [-0.3, -0.25) is 0 Å². The van der Waals surface area contributed by atoms with E-state index < -0.39 is 10.0 Å². The molecule has 1 rings (SSSR count). The first-order valence-corrected chi connectivity index (χ1v) is 4.54. The van der Waals surface area contributed by atoms with E-state index in [-0.39, 0.29) is 29.7 Å². The smallest absolute Gasteiger partial charge is 0.239 e. The van der Waals surface area contributed by atoms with Gasteiger partial charge < -0.3 is 5.43 Å². The summed E-state index contributed by atoms with van der Waals surface area (Å²) in [4.78, 5) is 3.63. The van der Waals surface area contributed by atoms with Crippen LogP contribution >= 0.6 is 24.8 Å². The van der Waals surface area contributed by atoms with Crippen LogP contribution in [0.2, 0.25) is 0 Å². The van der Waals surface area contributed by atoms with E-state index in [0.29, 0.717) is 5.82 Å². The molecule has 0 aliphatic heterocycles. The summed E-state index contributed by atoms with van der Waals surface area (Å²) in [5.41, 5.74) is 2.26. The Morgan fingerprint density at radius 3 is 2.14 bits per heavy atom. The van der Waals surface area contributed by atoms with Crippen LogP contribution in [-0.4, -0.2) is 13.4 Å². The highest BCUT2D eigenvalue weighted by Crippen LogP contribution is 2.06. The standard InChI is InChI=1S/C5H8N4O2S.2ClH/c6-9-5-2-1-4(3-8-5)12(7,10)11;;/h1-3H,6H2,(H,8,9)(H2,7,10,11);2*1H. The van der Waals surface area contributed by atoms with Crippen molar-refractivity contribution >= 4 is 40.7 Å². The van der Waals surface area contributed by atoms with Crippen molar-refractivity contribution in [3.63, 3.8) is 0 Å². The Kier molecular flexibility index (Phi) is 6.79. The van der Waals surface area contributed by atoms with Crippen molar-refractivity contribution in [3.8, 4) is 0 Å². The first kappa shape index (κ1) is 15.9. The molecule has 0 aromatic carbocycles. The molecule has 0 amide bonds. The van der Waals surface area contributed by atoms with E-state index in [1.165, 1.54) is 12.1 Å². The van der Waals surface area contributed by atoms with E-state index in [0.717, 1.165) is 6.20 Å². The number of nitrogens with two attached hydrogens (primary N) is 2. The van der Waals surface area contributed by atoms with Gasteiger partial charge in [-0.05, 0) is 12.1 Å². The Balaban J connectivity index is 0. The fourth-order valence-electron chi connectivity index (χ4n) is 0.634. The Morgan fingerprint density at radius 2 is 1.86 bits per heavy atom. The van der Waals surface area contributed by atoms with Crippen LogP contribution in [0, 0.1) is 0 Å². The number of nitrogens with zero attached hydrogens (tertiary/aromatic N) is 1. The maximum atomic E-state index is 10.7. The number of aromatic nitrogens is 1. The first-order valence-electron chi connectivity index (χ1n) is 2.99.